The van der Waals surface area contributed by atoms with E-state index in [1.807, 2.05) is 0 Å². The van der Waals surface area contributed by atoms with Crippen molar-refractivity contribution >= 4 is 23.4 Å². The van der Waals surface area contributed by atoms with E-state index < -0.39 is 17.4 Å². The molecular weight excluding hydrogens is 322 g/mol. The zero-order valence-corrected chi connectivity index (χ0v) is 14.1. The number of rotatable bonds is 3. The van der Waals surface area contributed by atoms with Gasteiger partial charge in [-0.25, -0.2) is 0 Å². The van der Waals surface area contributed by atoms with Crippen LogP contribution in [0.5, 0.6) is 0 Å². The van der Waals surface area contributed by atoms with Crippen LogP contribution in [0, 0.1) is 5.92 Å². The van der Waals surface area contributed by atoms with Gasteiger partial charge in [-0.05, 0) is 25.7 Å². The summed E-state index contributed by atoms with van der Waals surface area (Å²) in [5.41, 5.74) is 0.486. The second kappa shape index (κ2) is 6.16. The molecule has 8 nitrogen and oxygen atoms in total. The lowest BCUT2D eigenvalue weighted by Crippen LogP contribution is -2.55. The van der Waals surface area contributed by atoms with E-state index in [9.17, 15) is 14.7 Å². The number of nitrogens with zero attached hydrogens (tertiary/aromatic N) is 4. The Morgan fingerprint density at radius 3 is 2.60 bits per heavy atom. The molecule has 2 N–H and O–H groups in total. The van der Waals surface area contributed by atoms with Gasteiger partial charge in [0.15, 0.2) is 5.82 Å². The number of carbonyl (C=O) groups excluding carboxylic acids is 1. The van der Waals surface area contributed by atoms with Gasteiger partial charge < -0.3 is 20.2 Å². The van der Waals surface area contributed by atoms with Crippen LogP contribution < -0.4 is 15.1 Å². The van der Waals surface area contributed by atoms with Crippen molar-refractivity contribution in [2.75, 3.05) is 36.0 Å². The fourth-order valence-corrected chi connectivity index (χ4v) is 4.38. The minimum atomic E-state index is -0.886. The predicted octanol–water partition coefficient (Wildman–Crippen LogP) is 0.637. The van der Waals surface area contributed by atoms with Gasteiger partial charge >= 0.3 is 5.97 Å². The molecule has 1 amide bonds. The van der Waals surface area contributed by atoms with Gasteiger partial charge in [0.05, 0.1) is 23.3 Å². The SMILES string of the molecule is O=C1C[C@H](C(=O)O)C2(CCN(c3cc(N4CCCC4)cnn3)CC2)N1. The quantitative estimate of drug-likeness (QED) is 0.829. The maximum absolute atomic E-state index is 11.8. The van der Waals surface area contributed by atoms with Crippen LogP contribution in [-0.2, 0) is 9.59 Å². The van der Waals surface area contributed by atoms with Gasteiger partial charge in [-0.2, -0.15) is 5.10 Å². The first-order valence-corrected chi connectivity index (χ1v) is 8.94. The van der Waals surface area contributed by atoms with Gasteiger partial charge in [0.25, 0.3) is 0 Å². The Morgan fingerprint density at radius 1 is 1.20 bits per heavy atom. The Hall–Kier alpha value is -2.38. The van der Waals surface area contributed by atoms with E-state index in [0.29, 0.717) is 25.9 Å². The van der Waals surface area contributed by atoms with Crippen LogP contribution in [0.1, 0.15) is 32.1 Å². The average Bonchev–Trinajstić information content (AvgIpc) is 3.24. The molecule has 0 bridgehead atoms. The van der Waals surface area contributed by atoms with Crippen molar-refractivity contribution in [3.05, 3.63) is 12.3 Å². The molecule has 0 saturated carbocycles. The molecule has 1 spiro atoms. The van der Waals surface area contributed by atoms with E-state index in [4.69, 9.17) is 0 Å². The molecule has 134 valence electrons. The van der Waals surface area contributed by atoms with Crippen molar-refractivity contribution in [2.45, 2.75) is 37.6 Å². The van der Waals surface area contributed by atoms with Gasteiger partial charge in [0, 0.05) is 38.7 Å². The summed E-state index contributed by atoms with van der Waals surface area (Å²) in [4.78, 5) is 27.7. The van der Waals surface area contributed by atoms with Gasteiger partial charge in [-0.15, -0.1) is 5.10 Å². The third-order valence-corrected chi connectivity index (χ3v) is 5.82. The number of piperidine rings is 1. The summed E-state index contributed by atoms with van der Waals surface area (Å²) in [5, 5.41) is 20.8. The summed E-state index contributed by atoms with van der Waals surface area (Å²) in [6.45, 7) is 3.45. The molecule has 4 rings (SSSR count). The van der Waals surface area contributed by atoms with Gasteiger partial charge in [-0.3, -0.25) is 9.59 Å². The van der Waals surface area contributed by atoms with E-state index in [-0.39, 0.29) is 12.3 Å². The number of amides is 1. The van der Waals surface area contributed by atoms with Crippen LogP contribution in [0.15, 0.2) is 12.3 Å². The summed E-state index contributed by atoms with van der Waals surface area (Å²) in [6.07, 6.45) is 5.54. The zero-order chi connectivity index (χ0) is 17.4. The highest BCUT2D eigenvalue weighted by molar-refractivity contribution is 5.88. The Balaban J connectivity index is 1.48. The first-order chi connectivity index (χ1) is 12.1. The van der Waals surface area contributed by atoms with Crippen LogP contribution in [0.4, 0.5) is 11.5 Å². The molecule has 4 heterocycles. The molecule has 25 heavy (non-hydrogen) atoms. The molecule has 1 atom stereocenters. The minimum Gasteiger partial charge on any atom is -0.481 e. The van der Waals surface area contributed by atoms with Gasteiger partial charge in [-0.1, -0.05) is 0 Å². The Labute approximate surface area is 146 Å². The first-order valence-electron chi connectivity index (χ1n) is 8.94. The first kappa shape index (κ1) is 16.1. The zero-order valence-electron chi connectivity index (χ0n) is 14.1. The molecule has 3 fully saturated rings. The molecule has 0 aromatic carbocycles. The summed E-state index contributed by atoms with van der Waals surface area (Å²) in [5.74, 6) is -0.848. The summed E-state index contributed by atoms with van der Waals surface area (Å²) in [7, 11) is 0. The molecule has 1 aromatic rings. The van der Waals surface area contributed by atoms with Crippen molar-refractivity contribution < 1.29 is 14.7 Å². The molecule has 0 radical (unpaired) electrons. The van der Waals surface area contributed by atoms with E-state index >= 15 is 0 Å². The monoisotopic (exact) mass is 345 g/mol. The standard InChI is InChI=1S/C17H23N5O3/c23-15-10-13(16(24)25)17(19-15)3-7-22(8-4-17)14-9-12(11-18-20-14)21-5-1-2-6-21/h9,11,13H,1-8,10H2,(H,19,23)(H,24,25)/t13-/m1/s1. The highest BCUT2D eigenvalue weighted by Gasteiger charge is 2.51. The minimum absolute atomic E-state index is 0.0829. The molecule has 3 saturated heterocycles. The van der Waals surface area contributed by atoms with Crippen molar-refractivity contribution in [1.29, 1.82) is 0 Å². The van der Waals surface area contributed by atoms with Crippen LogP contribution in [0.3, 0.4) is 0 Å². The molecule has 1 aromatic heterocycles. The van der Waals surface area contributed by atoms with E-state index in [0.717, 1.165) is 24.6 Å². The Morgan fingerprint density at radius 2 is 1.92 bits per heavy atom. The van der Waals surface area contributed by atoms with Gasteiger partial charge in [0.2, 0.25) is 5.91 Å². The van der Waals surface area contributed by atoms with E-state index in [1.165, 1.54) is 12.8 Å². The maximum Gasteiger partial charge on any atom is 0.309 e. The number of carboxylic acid groups (broad SMARTS) is 1. The smallest absolute Gasteiger partial charge is 0.309 e. The lowest BCUT2D eigenvalue weighted by atomic mass is 9.78. The second-order valence-corrected chi connectivity index (χ2v) is 7.25. The Bertz CT molecular complexity index is 681. The number of anilines is 2. The number of carboxylic acids is 1. The van der Waals surface area contributed by atoms with Crippen molar-refractivity contribution in [3.8, 4) is 0 Å². The highest BCUT2D eigenvalue weighted by Crippen LogP contribution is 2.38. The van der Waals surface area contributed by atoms with Crippen LogP contribution >= 0.6 is 0 Å². The molecule has 3 aliphatic heterocycles. The van der Waals surface area contributed by atoms with Crippen molar-refractivity contribution in [2.24, 2.45) is 5.92 Å². The normalized spacial score (nSPS) is 25.4. The van der Waals surface area contributed by atoms with E-state index in [2.05, 4.69) is 31.4 Å². The third-order valence-electron chi connectivity index (χ3n) is 5.82. The lowest BCUT2D eigenvalue weighted by molar-refractivity contribution is -0.144. The Kier molecular flexibility index (Phi) is 3.97. The number of nitrogens with one attached hydrogen (secondary N) is 1. The fraction of sp³-hybridized carbons (Fsp3) is 0.647. The summed E-state index contributed by atoms with van der Waals surface area (Å²) in [6, 6.07) is 2.07. The van der Waals surface area contributed by atoms with E-state index in [1.54, 1.807) is 6.20 Å². The fourth-order valence-electron chi connectivity index (χ4n) is 4.38. The third kappa shape index (κ3) is 2.89. The average molecular weight is 345 g/mol. The number of aliphatic carboxylic acids is 1. The molecule has 3 aliphatic rings. The van der Waals surface area contributed by atoms with Gasteiger partial charge in [0.1, 0.15) is 0 Å². The number of hydrogen-bond donors (Lipinski definition) is 2. The van der Waals surface area contributed by atoms with Crippen LogP contribution in [0.25, 0.3) is 0 Å². The summed E-state index contributed by atoms with van der Waals surface area (Å²) < 4.78 is 0. The summed E-state index contributed by atoms with van der Waals surface area (Å²) >= 11 is 0. The molecular formula is C17H23N5O3. The molecule has 8 heteroatoms. The highest BCUT2D eigenvalue weighted by atomic mass is 16.4. The van der Waals surface area contributed by atoms with Crippen LogP contribution in [0.2, 0.25) is 0 Å². The number of aromatic nitrogens is 2. The largest absolute Gasteiger partial charge is 0.481 e. The topological polar surface area (TPSA) is 98.7 Å². The number of carbonyl (C=O) groups is 2. The number of hydrogen-bond acceptors (Lipinski definition) is 6. The maximum atomic E-state index is 11.8. The van der Waals surface area contributed by atoms with Crippen molar-refractivity contribution in [1.82, 2.24) is 15.5 Å². The lowest BCUT2D eigenvalue weighted by Gasteiger charge is -2.41. The van der Waals surface area contributed by atoms with Crippen molar-refractivity contribution in [3.63, 3.8) is 0 Å². The molecule has 0 unspecified atom stereocenters. The molecule has 0 aliphatic carbocycles. The second-order valence-electron chi connectivity index (χ2n) is 7.25. The predicted molar refractivity (Wildman–Crippen MR) is 91.5 cm³/mol. The van der Waals surface area contributed by atoms with Crippen LogP contribution in [-0.4, -0.2) is 58.9 Å².